The molecule has 35 heavy (non-hydrogen) atoms. The maximum atomic E-state index is 13.3. The SMILES string of the molecule is [C-]#[N+]C1(c2cccc(-n3c4nc(Nc5ccc6c(c5)CCNC6)ncc4c(=O)n3C(C)C)n2)CC1. The van der Waals surface area contributed by atoms with Crippen LogP contribution < -0.4 is 16.2 Å². The highest BCUT2D eigenvalue weighted by molar-refractivity contribution is 5.77. The molecule has 1 aliphatic carbocycles. The van der Waals surface area contributed by atoms with Crippen molar-refractivity contribution in [2.24, 2.45) is 0 Å². The summed E-state index contributed by atoms with van der Waals surface area (Å²) in [5, 5.41) is 7.13. The van der Waals surface area contributed by atoms with Crippen LogP contribution in [-0.2, 0) is 18.5 Å². The van der Waals surface area contributed by atoms with Crippen molar-refractivity contribution in [3.05, 3.63) is 81.2 Å². The predicted molar refractivity (Wildman–Crippen MR) is 134 cm³/mol. The Labute approximate surface area is 202 Å². The van der Waals surface area contributed by atoms with Crippen LogP contribution in [0.5, 0.6) is 0 Å². The molecule has 4 aromatic rings. The van der Waals surface area contributed by atoms with Crippen LogP contribution in [0.3, 0.4) is 0 Å². The van der Waals surface area contributed by atoms with Gasteiger partial charge in [0, 0.05) is 37.3 Å². The number of hydrogen-bond donors (Lipinski definition) is 2. The number of aromatic nitrogens is 5. The van der Waals surface area contributed by atoms with Gasteiger partial charge in [-0.1, -0.05) is 12.1 Å². The molecule has 1 saturated carbocycles. The Balaban J connectivity index is 1.46. The Morgan fingerprint density at radius 2 is 2.03 bits per heavy atom. The number of benzene rings is 1. The summed E-state index contributed by atoms with van der Waals surface area (Å²) >= 11 is 0. The molecule has 2 N–H and O–H groups in total. The van der Waals surface area contributed by atoms with E-state index in [2.05, 4.69) is 32.6 Å². The first-order valence-corrected chi connectivity index (χ1v) is 12.0. The molecular formula is C26H26N8O. The normalized spacial score (nSPS) is 16.2. The summed E-state index contributed by atoms with van der Waals surface area (Å²) in [4.78, 5) is 31.1. The minimum Gasteiger partial charge on any atom is -0.324 e. The molecule has 9 nitrogen and oxygen atoms in total. The van der Waals surface area contributed by atoms with Crippen molar-refractivity contribution >= 4 is 22.7 Å². The molecule has 0 bridgehead atoms. The molecule has 0 amide bonds. The topological polar surface area (TPSA) is 94.0 Å². The highest BCUT2D eigenvalue weighted by Gasteiger charge is 2.54. The fraction of sp³-hybridized carbons (Fsp3) is 0.346. The summed E-state index contributed by atoms with van der Waals surface area (Å²) < 4.78 is 3.41. The van der Waals surface area contributed by atoms with Gasteiger partial charge in [-0.15, -0.1) is 0 Å². The van der Waals surface area contributed by atoms with Gasteiger partial charge in [0.15, 0.2) is 11.5 Å². The Morgan fingerprint density at radius 1 is 1.17 bits per heavy atom. The molecule has 9 heteroatoms. The summed E-state index contributed by atoms with van der Waals surface area (Å²) in [7, 11) is 0. The lowest BCUT2D eigenvalue weighted by atomic mass is 10.0. The molecule has 3 aromatic heterocycles. The van der Waals surface area contributed by atoms with Gasteiger partial charge < -0.3 is 15.5 Å². The smallest absolute Gasteiger partial charge is 0.278 e. The third-order valence-electron chi connectivity index (χ3n) is 6.83. The summed E-state index contributed by atoms with van der Waals surface area (Å²) in [6.07, 6.45) is 4.18. The van der Waals surface area contributed by atoms with Crippen LogP contribution in [-0.4, -0.2) is 30.9 Å². The second-order valence-electron chi connectivity index (χ2n) is 9.55. The van der Waals surface area contributed by atoms with Crippen LogP contribution in [0.2, 0.25) is 0 Å². The standard InChI is InChI=1S/C26H26N8O/c1-16(2)33-24(35)20-15-29-25(30-19-8-7-18-14-28-12-9-17(18)13-19)32-23(20)34(33)22-6-4-5-21(31-22)26(27-3)10-11-26/h4-8,13,15-16,28H,9-12,14H2,1-2H3,(H,29,30,32). The number of rotatable bonds is 5. The monoisotopic (exact) mass is 466 g/mol. The number of hydrogen-bond acceptors (Lipinski definition) is 6. The number of fused-ring (bicyclic) bond motifs is 2. The Kier molecular flexibility index (Phi) is 4.93. The van der Waals surface area contributed by atoms with Gasteiger partial charge in [0.1, 0.15) is 11.1 Å². The second kappa shape index (κ2) is 8.03. The number of anilines is 2. The van der Waals surface area contributed by atoms with Crippen molar-refractivity contribution < 1.29 is 0 Å². The number of nitrogens with one attached hydrogen (secondary N) is 2. The van der Waals surface area contributed by atoms with E-state index in [1.807, 2.05) is 38.1 Å². The van der Waals surface area contributed by atoms with Crippen LogP contribution in [0.15, 0.2) is 47.4 Å². The van der Waals surface area contributed by atoms with Gasteiger partial charge in [-0.05, 0) is 62.2 Å². The van der Waals surface area contributed by atoms with E-state index in [0.29, 0.717) is 22.8 Å². The maximum absolute atomic E-state index is 13.3. The van der Waals surface area contributed by atoms with Gasteiger partial charge in [0.25, 0.3) is 11.1 Å². The van der Waals surface area contributed by atoms with E-state index in [1.165, 1.54) is 11.1 Å². The zero-order chi connectivity index (χ0) is 24.2. The van der Waals surface area contributed by atoms with E-state index >= 15 is 0 Å². The van der Waals surface area contributed by atoms with E-state index in [9.17, 15) is 4.79 Å². The van der Waals surface area contributed by atoms with Crippen LogP contribution in [0.25, 0.3) is 21.7 Å². The Morgan fingerprint density at radius 3 is 2.80 bits per heavy atom. The first kappa shape index (κ1) is 21.5. The van der Waals surface area contributed by atoms with Gasteiger partial charge >= 0.3 is 0 Å². The third kappa shape index (κ3) is 3.58. The Hall–Kier alpha value is -4.03. The van der Waals surface area contributed by atoms with Crippen molar-refractivity contribution in [2.45, 2.75) is 51.2 Å². The van der Waals surface area contributed by atoms with Gasteiger partial charge in [-0.3, -0.25) is 4.79 Å². The van der Waals surface area contributed by atoms with Crippen LogP contribution in [0.4, 0.5) is 11.6 Å². The molecule has 4 heterocycles. The summed E-state index contributed by atoms with van der Waals surface area (Å²) in [5.74, 6) is 0.987. The van der Waals surface area contributed by atoms with Gasteiger partial charge in [-0.25, -0.2) is 25.9 Å². The minimum atomic E-state index is -0.536. The largest absolute Gasteiger partial charge is 0.324 e. The number of nitrogens with zero attached hydrogens (tertiary/aromatic N) is 6. The van der Waals surface area contributed by atoms with Gasteiger partial charge in [0.05, 0.1) is 0 Å². The molecule has 2 aliphatic rings. The van der Waals surface area contributed by atoms with Gasteiger partial charge in [-0.2, -0.15) is 4.98 Å². The molecule has 0 saturated heterocycles. The zero-order valence-electron chi connectivity index (χ0n) is 19.7. The van der Waals surface area contributed by atoms with E-state index in [1.54, 1.807) is 15.6 Å². The van der Waals surface area contributed by atoms with Crippen molar-refractivity contribution in [3.63, 3.8) is 0 Å². The molecule has 0 spiro atoms. The van der Waals surface area contributed by atoms with Crippen molar-refractivity contribution in [1.82, 2.24) is 29.6 Å². The molecule has 6 rings (SSSR count). The lowest BCUT2D eigenvalue weighted by Gasteiger charge is -2.18. The average Bonchev–Trinajstić information content (AvgIpc) is 3.62. The third-order valence-corrected chi connectivity index (χ3v) is 6.83. The van der Waals surface area contributed by atoms with E-state index in [-0.39, 0.29) is 11.6 Å². The van der Waals surface area contributed by atoms with Crippen molar-refractivity contribution in [1.29, 1.82) is 0 Å². The summed E-state index contributed by atoms with van der Waals surface area (Å²) in [6.45, 7) is 13.4. The maximum Gasteiger partial charge on any atom is 0.278 e. The van der Waals surface area contributed by atoms with Crippen LogP contribution in [0, 0.1) is 6.57 Å². The fourth-order valence-electron chi connectivity index (χ4n) is 4.77. The van der Waals surface area contributed by atoms with Crippen molar-refractivity contribution in [2.75, 3.05) is 11.9 Å². The van der Waals surface area contributed by atoms with Crippen LogP contribution in [0.1, 0.15) is 49.6 Å². The molecule has 1 fully saturated rings. The average molecular weight is 467 g/mol. The first-order valence-electron chi connectivity index (χ1n) is 12.0. The van der Waals surface area contributed by atoms with E-state index < -0.39 is 5.54 Å². The van der Waals surface area contributed by atoms with E-state index in [4.69, 9.17) is 16.5 Å². The zero-order valence-corrected chi connectivity index (χ0v) is 19.7. The molecule has 0 unspecified atom stereocenters. The van der Waals surface area contributed by atoms with Crippen molar-refractivity contribution in [3.8, 4) is 5.82 Å². The first-order chi connectivity index (χ1) is 17.0. The summed E-state index contributed by atoms with van der Waals surface area (Å²) in [6, 6.07) is 11.8. The highest BCUT2D eigenvalue weighted by atomic mass is 16.1. The van der Waals surface area contributed by atoms with Gasteiger partial charge in [0.2, 0.25) is 5.95 Å². The number of pyridine rings is 1. The highest BCUT2D eigenvalue weighted by Crippen LogP contribution is 2.48. The lowest BCUT2D eigenvalue weighted by Crippen LogP contribution is -2.25. The molecule has 0 atom stereocenters. The predicted octanol–water partition coefficient (Wildman–Crippen LogP) is 3.86. The fourth-order valence-corrected chi connectivity index (χ4v) is 4.77. The summed E-state index contributed by atoms with van der Waals surface area (Å²) in [5.41, 5.74) is 4.06. The molecular weight excluding hydrogens is 440 g/mol. The quantitative estimate of drug-likeness (QED) is 0.434. The lowest BCUT2D eigenvalue weighted by molar-refractivity contribution is 0.471. The second-order valence-corrected chi connectivity index (χ2v) is 9.55. The van der Waals surface area contributed by atoms with E-state index in [0.717, 1.165) is 43.7 Å². The molecule has 176 valence electrons. The molecule has 1 aliphatic heterocycles. The minimum absolute atomic E-state index is 0.122. The molecule has 0 radical (unpaired) electrons. The molecule has 1 aromatic carbocycles. The Bertz CT molecular complexity index is 1550. The van der Waals surface area contributed by atoms with Crippen LogP contribution >= 0.6 is 0 Å².